The minimum Gasteiger partial charge on any atom is -0.351 e. The molecule has 0 spiro atoms. The zero-order valence-corrected chi connectivity index (χ0v) is 15.8. The van der Waals surface area contributed by atoms with Crippen molar-refractivity contribution >= 4 is 11.8 Å². The van der Waals surface area contributed by atoms with Crippen LogP contribution in [0.3, 0.4) is 0 Å². The summed E-state index contributed by atoms with van der Waals surface area (Å²) in [6.07, 6.45) is 5.65. The molecular formula is C21H31N3O2. The second-order valence-corrected chi connectivity index (χ2v) is 7.62. The first kappa shape index (κ1) is 18.9. The fourth-order valence-corrected chi connectivity index (χ4v) is 4.14. The highest BCUT2D eigenvalue weighted by atomic mass is 16.2. The molecule has 2 atom stereocenters. The fourth-order valence-electron chi connectivity index (χ4n) is 4.14. The molecule has 2 aliphatic rings. The van der Waals surface area contributed by atoms with Crippen LogP contribution in [0.5, 0.6) is 0 Å². The van der Waals surface area contributed by atoms with Crippen LogP contribution in [0.4, 0.5) is 0 Å². The van der Waals surface area contributed by atoms with Gasteiger partial charge in [-0.15, -0.1) is 0 Å². The van der Waals surface area contributed by atoms with Crippen LogP contribution >= 0.6 is 0 Å². The van der Waals surface area contributed by atoms with Crippen LogP contribution in [-0.2, 0) is 9.59 Å². The largest absolute Gasteiger partial charge is 0.351 e. The first-order valence-electron chi connectivity index (χ1n) is 9.95. The summed E-state index contributed by atoms with van der Waals surface area (Å²) in [7, 11) is 0. The molecule has 5 nitrogen and oxygen atoms in total. The van der Waals surface area contributed by atoms with Crippen molar-refractivity contribution < 1.29 is 9.59 Å². The number of carbonyl (C=O) groups excluding carboxylic acids is 2. The van der Waals surface area contributed by atoms with E-state index in [1.165, 1.54) is 31.2 Å². The quantitative estimate of drug-likeness (QED) is 0.880. The predicted molar refractivity (Wildman–Crippen MR) is 103 cm³/mol. The van der Waals surface area contributed by atoms with Gasteiger partial charge in [-0.3, -0.25) is 9.59 Å². The van der Waals surface area contributed by atoms with Gasteiger partial charge in [0.25, 0.3) is 0 Å². The van der Waals surface area contributed by atoms with E-state index in [0.717, 1.165) is 19.6 Å². The minimum absolute atomic E-state index is 0.00191. The van der Waals surface area contributed by atoms with E-state index in [-0.39, 0.29) is 23.8 Å². The molecule has 0 saturated carbocycles. The second kappa shape index (κ2) is 9.17. The van der Waals surface area contributed by atoms with Crippen molar-refractivity contribution in [2.75, 3.05) is 32.7 Å². The van der Waals surface area contributed by atoms with Gasteiger partial charge in [0.05, 0.1) is 6.04 Å². The highest BCUT2D eigenvalue weighted by Gasteiger charge is 2.35. The molecule has 142 valence electrons. The van der Waals surface area contributed by atoms with Crippen LogP contribution < -0.4 is 5.32 Å². The van der Waals surface area contributed by atoms with E-state index in [0.29, 0.717) is 19.5 Å². The van der Waals surface area contributed by atoms with Gasteiger partial charge in [-0.25, -0.2) is 0 Å². The van der Waals surface area contributed by atoms with Crippen LogP contribution in [0.1, 0.15) is 50.5 Å². The van der Waals surface area contributed by atoms with E-state index in [2.05, 4.69) is 22.3 Å². The second-order valence-electron chi connectivity index (χ2n) is 7.62. The molecule has 5 heteroatoms. The van der Waals surface area contributed by atoms with Crippen molar-refractivity contribution in [3.05, 3.63) is 35.9 Å². The summed E-state index contributed by atoms with van der Waals surface area (Å²) in [4.78, 5) is 28.6. The third-order valence-corrected chi connectivity index (χ3v) is 5.69. The predicted octanol–water partition coefficient (Wildman–Crippen LogP) is 2.38. The van der Waals surface area contributed by atoms with Gasteiger partial charge in [-0.05, 0) is 31.5 Å². The molecule has 0 bridgehead atoms. The van der Waals surface area contributed by atoms with Crippen LogP contribution in [0, 0.1) is 0 Å². The Morgan fingerprint density at radius 3 is 2.38 bits per heavy atom. The Hall–Kier alpha value is -1.88. The first-order chi connectivity index (χ1) is 12.6. The monoisotopic (exact) mass is 357 g/mol. The maximum absolute atomic E-state index is 12.5. The molecule has 2 fully saturated rings. The van der Waals surface area contributed by atoms with E-state index in [1.54, 1.807) is 6.92 Å². The Bertz CT molecular complexity index is 597. The van der Waals surface area contributed by atoms with Crippen molar-refractivity contribution in [1.82, 2.24) is 15.1 Å². The van der Waals surface area contributed by atoms with Gasteiger partial charge in [0, 0.05) is 38.9 Å². The lowest BCUT2D eigenvalue weighted by atomic mass is 9.94. The van der Waals surface area contributed by atoms with Crippen molar-refractivity contribution in [2.24, 2.45) is 0 Å². The first-order valence-corrected chi connectivity index (χ1v) is 9.95. The number of nitrogens with zero attached hydrogens (tertiary/aromatic N) is 2. The van der Waals surface area contributed by atoms with Crippen LogP contribution in [0.25, 0.3) is 0 Å². The summed E-state index contributed by atoms with van der Waals surface area (Å²) in [5.41, 5.74) is 1.19. The number of carbonyl (C=O) groups is 2. The number of nitrogens with one attached hydrogen (secondary N) is 1. The summed E-state index contributed by atoms with van der Waals surface area (Å²) in [5, 5.41) is 3.21. The van der Waals surface area contributed by atoms with Crippen LogP contribution in [-0.4, -0.2) is 60.4 Å². The Kier molecular flexibility index (Phi) is 6.67. The number of benzene rings is 1. The molecule has 1 N–H and O–H groups in total. The van der Waals surface area contributed by atoms with Crippen LogP contribution in [0.15, 0.2) is 30.3 Å². The van der Waals surface area contributed by atoms with Crippen LogP contribution in [0.2, 0.25) is 0 Å². The molecule has 2 saturated heterocycles. The van der Waals surface area contributed by atoms with Gasteiger partial charge in [0.1, 0.15) is 0 Å². The molecule has 26 heavy (non-hydrogen) atoms. The van der Waals surface area contributed by atoms with Crippen molar-refractivity contribution in [2.45, 2.75) is 51.0 Å². The number of amides is 2. The summed E-state index contributed by atoms with van der Waals surface area (Å²) in [5.74, 6) is 0.347. The molecule has 2 aliphatic heterocycles. The molecule has 2 amide bonds. The van der Waals surface area contributed by atoms with Gasteiger partial charge >= 0.3 is 0 Å². The normalized spacial score (nSPS) is 24.3. The van der Waals surface area contributed by atoms with E-state index in [4.69, 9.17) is 0 Å². The molecule has 3 rings (SSSR count). The number of hydrogen-bond donors (Lipinski definition) is 1. The third-order valence-electron chi connectivity index (χ3n) is 5.69. The van der Waals surface area contributed by atoms with E-state index >= 15 is 0 Å². The highest BCUT2D eigenvalue weighted by Crippen LogP contribution is 2.27. The highest BCUT2D eigenvalue weighted by molar-refractivity contribution is 5.77. The number of rotatable bonds is 5. The average molecular weight is 357 g/mol. The van der Waals surface area contributed by atoms with E-state index in [9.17, 15) is 9.59 Å². The van der Waals surface area contributed by atoms with Crippen molar-refractivity contribution in [1.29, 1.82) is 0 Å². The Morgan fingerprint density at radius 1 is 1.04 bits per heavy atom. The van der Waals surface area contributed by atoms with E-state index < -0.39 is 0 Å². The summed E-state index contributed by atoms with van der Waals surface area (Å²) in [6.45, 7) is 5.94. The minimum atomic E-state index is -0.00191. The van der Waals surface area contributed by atoms with Crippen molar-refractivity contribution in [3.8, 4) is 0 Å². The van der Waals surface area contributed by atoms with Crippen molar-refractivity contribution in [3.63, 3.8) is 0 Å². The zero-order chi connectivity index (χ0) is 18.4. The third kappa shape index (κ3) is 5.07. The fraction of sp³-hybridized carbons (Fsp3) is 0.619. The Balaban J connectivity index is 1.56. The SMILES string of the molecule is CC(=O)N1C[C@H](NC(=O)CCN2CCCCCC2)[C@@H](c2ccccc2)C1. The van der Waals surface area contributed by atoms with Gasteiger partial charge in [0.2, 0.25) is 11.8 Å². The lowest BCUT2D eigenvalue weighted by Crippen LogP contribution is -2.41. The molecular weight excluding hydrogens is 326 g/mol. The maximum Gasteiger partial charge on any atom is 0.221 e. The Morgan fingerprint density at radius 2 is 1.73 bits per heavy atom. The Labute approximate surface area is 156 Å². The molecule has 0 aliphatic carbocycles. The lowest BCUT2D eigenvalue weighted by molar-refractivity contribution is -0.128. The summed E-state index contributed by atoms with van der Waals surface area (Å²) < 4.78 is 0. The smallest absolute Gasteiger partial charge is 0.221 e. The topological polar surface area (TPSA) is 52.7 Å². The molecule has 0 unspecified atom stereocenters. The number of hydrogen-bond acceptors (Lipinski definition) is 3. The van der Waals surface area contributed by atoms with Gasteiger partial charge in [0.15, 0.2) is 0 Å². The van der Waals surface area contributed by atoms with E-state index in [1.807, 2.05) is 23.1 Å². The number of likely N-dealkylation sites (tertiary alicyclic amines) is 2. The van der Waals surface area contributed by atoms with Gasteiger partial charge < -0.3 is 15.1 Å². The van der Waals surface area contributed by atoms with Gasteiger partial charge in [-0.1, -0.05) is 43.2 Å². The summed E-state index contributed by atoms with van der Waals surface area (Å²) >= 11 is 0. The zero-order valence-electron chi connectivity index (χ0n) is 15.8. The molecule has 1 aromatic rings. The van der Waals surface area contributed by atoms with Gasteiger partial charge in [-0.2, -0.15) is 0 Å². The average Bonchev–Trinajstić information content (AvgIpc) is 2.88. The standard InChI is InChI=1S/C21H31N3O2/c1-17(25)24-15-19(18-9-5-4-6-10-18)20(16-24)22-21(26)11-14-23-12-7-2-3-8-13-23/h4-6,9-10,19-20H,2-3,7-8,11-16H2,1H3,(H,22,26)/t19-,20+/m1/s1. The maximum atomic E-state index is 12.5. The molecule has 0 aromatic heterocycles. The summed E-state index contributed by atoms with van der Waals surface area (Å²) in [6, 6.07) is 10.2. The lowest BCUT2D eigenvalue weighted by Gasteiger charge is -2.22. The molecule has 1 aromatic carbocycles. The molecule has 0 radical (unpaired) electrons. The molecule has 2 heterocycles.